The number of carbonyl (C=O) groups is 1. The number of hydrogen-bond acceptors (Lipinski definition) is 12. The van der Waals surface area contributed by atoms with Crippen LogP contribution in [0, 0.1) is 32.6 Å². The molecule has 3 aromatic heterocycles. The standard InChI is InChI=1S/C20H26N4O2.C8H9NO.C4H12N2O2/c1-14(12-25-23-17(4)19-10-6-8-15(2)21-19)13-26-24-18(5)20-11-7-9-16(3)22-20;1-6-4-3-5-8(9-6)7(2)10;1-4(2-7-5)3-8-6/h6-11,14H,12-13H2,1-5H3;3-5H,1-2H3;4H,2-3,5-6H2,1H3/b23-17+,24-18+;;. The van der Waals surface area contributed by atoms with Gasteiger partial charge in [-0.05, 0) is 71.0 Å². The van der Waals surface area contributed by atoms with Gasteiger partial charge in [0, 0.05) is 35.8 Å². The summed E-state index contributed by atoms with van der Waals surface area (Å²) in [6, 6.07) is 17.1. The Morgan fingerprint density at radius 3 is 1.30 bits per heavy atom. The van der Waals surface area contributed by atoms with Gasteiger partial charge in [-0.1, -0.05) is 42.4 Å². The first-order chi connectivity index (χ1) is 21.0. The summed E-state index contributed by atoms with van der Waals surface area (Å²) < 4.78 is 0. The minimum Gasteiger partial charge on any atom is -0.395 e. The fourth-order valence-electron chi connectivity index (χ4n) is 3.27. The van der Waals surface area contributed by atoms with Crippen LogP contribution in [-0.2, 0) is 19.4 Å². The van der Waals surface area contributed by atoms with E-state index in [1.54, 1.807) is 6.07 Å². The summed E-state index contributed by atoms with van der Waals surface area (Å²) in [5.41, 5.74) is 6.47. The van der Waals surface area contributed by atoms with Crippen LogP contribution < -0.4 is 11.8 Å². The number of rotatable bonds is 13. The average Bonchev–Trinajstić information content (AvgIpc) is 2.98. The summed E-state index contributed by atoms with van der Waals surface area (Å²) in [5, 5.41) is 8.26. The van der Waals surface area contributed by atoms with Crippen LogP contribution in [-0.4, -0.2) is 58.6 Å². The van der Waals surface area contributed by atoms with Crippen LogP contribution in [0.25, 0.3) is 0 Å². The van der Waals surface area contributed by atoms with E-state index in [0.717, 1.165) is 39.9 Å². The van der Waals surface area contributed by atoms with Crippen molar-refractivity contribution < 1.29 is 24.1 Å². The van der Waals surface area contributed by atoms with Gasteiger partial charge < -0.3 is 19.4 Å². The topological polar surface area (TPSA) is 169 Å². The van der Waals surface area contributed by atoms with E-state index in [2.05, 4.69) is 34.9 Å². The normalized spacial score (nSPS) is 11.4. The average molecular weight is 610 g/mol. The molecule has 3 aromatic rings. The predicted molar refractivity (Wildman–Crippen MR) is 172 cm³/mol. The van der Waals surface area contributed by atoms with Crippen molar-refractivity contribution in [3.8, 4) is 0 Å². The van der Waals surface area contributed by atoms with E-state index < -0.39 is 0 Å². The predicted octanol–water partition coefficient (Wildman–Crippen LogP) is 4.91. The number of aryl methyl sites for hydroxylation is 3. The summed E-state index contributed by atoms with van der Waals surface area (Å²) in [5.74, 6) is 9.96. The lowest BCUT2D eigenvalue weighted by Crippen LogP contribution is -2.17. The summed E-state index contributed by atoms with van der Waals surface area (Å²) >= 11 is 0. The molecule has 0 radical (unpaired) electrons. The minimum absolute atomic E-state index is 0.0173. The third-order valence-electron chi connectivity index (χ3n) is 5.65. The fraction of sp³-hybridized carbons (Fsp3) is 0.438. The number of nitrogens with zero attached hydrogens (tertiary/aromatic N) is 5. The second kappa shape index (κ2) is 21.6. The van der Waals surface area contributed by atoms with Gasteiger partial charge >= 0.3 is 0 Å². The van der Waals surface area contributed by atoms with Gasteiger partial charge in [0.05, 0.1) is 24.6 Å². The number of ketones is 1. The molecule has 0 amide bonds. The van der Waals surface area contributed by atoms with Gasteiger partial charge in [-0.25, -0.2) is 11.8 Å². The molecule has 12 nitrogen and oxygen atoms in total. The van der Waals surface area contributed by atoms with E-state index in [1.807, 2.05) is 97.0 Å². The molecule has 0 unspecified atom stereocenters. The van der Waals surface area contributed by atoms with Gasteiger partial charge in [-0.2, -0.15) is 0 Å². The van der Waals surface area contributed by atoms with Crippen LogP contribution in [0.2, 0.25) is 0 Å². The fourth-order valence-corrected chi connectivity index (χ4v) is 3.27. The van der Waals surface area contributed by atoms with Crippen LogP contribution in [0.1, 0.15) is 73.6 Å². The maximum Gasteiger partial charge on any atom is 0.178 e. The zero-order valence-corrected chi connectivity index (χ0v) is 27.1. The quantitative estimate of drug-likeness (QED) is 0.154. The maximum absolute atomic E-state index is 10.7. The number of oxime groups is 2. The van der Waals surface area contributed by atoms with Crippen molar-refractivity contribution >= 4 is 17.2 Å². The third-order valence-corrected chi connectivity index (χ3v) is 5.65. The van der Waals surface area contributed by atoms with Gasteiger partial charge in [-0.15, -0.1) is 0 Å². The van der Waals surface area contributed by atoms with E-state index in [-0.39, 0.29) is 17.6 Å². The number of hydrogen-bond donors (Lipinski definition) is 2. The molecule has 44 heavy (non-hydrogen) atoms. The molecule has 240 valence electrons. The van der Waals surface area contributed by atoms with Gasteiger partial charge in [0.1, 0.15) is 30.3 Å². The largest absolute Gasteiger partial charge is 0.395 e. The minimum atomic E-state index is 0.0173. The molecule has 4 N–H and O–H groups in total. The van der Waals surface area contributed by atoms with E-state index in [1.165, 1.54) is 6.92 Å². The highest BCUT2D eigenvalue weighted by atomic mass is 16.6. The molecule has 0 spiro atoms. The van der Waals surface area contributed by atoms with Crippen LogP contribution >= 0.6 is 0 Å². The number of Topliss-reactive ketones (excluding diaryl/α,β-unsaturated/α-hetero) is 1. The summed E-state index contributed by atoms with van der Waals surface area (Å²) in [6.07, 6.45) is 0. The van der Waals surface area contributed by atoms with Crippen molar-refractivity contribution in [1.82, 2.24) is 15.0 Å². The summed E-state index contributed by atoms with van der Waals surface area (Å²) in [7, 11) is 0. The molecule has 0 aliphatic carbocycles. The highest BCUT2D eigenvalue weighted by Crippen LogP contribution is 2.05. The zero-order chi connectivity index (χ0) is 32.9. The van der Waals surface area contributed by atoms with E-state index in [4.69, 9.17) is 21.5 Å². The number of nitrogens with two attached hydrogens (primary N) is 2. The molecule has 3 heterocycles. The zero-order valence-electron chi connectivity index (χ0n) is 27.1. The van der Waals surface area contributed by atoms with E-state index in [0.29, 0.717) is 32.1 Å². The number of aromatic nitrogens is 3. The molecule has 0 saturated carbocycles. The molecule has 0 aromatic carbocycles. The highest BCUT2D eigenvalue weighted by molar-refractivity contribution is 5.97. The van der Waals surface area contributed by atoms with Crippen LogP contribution in [0.5, 0.6) is 0 Å². The number of carbonyl (C=O) groups excluding carboxylic acids is 1. The first kappa shape index (κ1) is 37.9. The van der Waals surface area contributed by atoms with Crippen LogP contribution in [0.15, 0.2) is 64.9 Å². The molecule has 3 rings (SSSR count). The number of pyridine rings is 3. The molecule has 0 aliphatic rings. The maximum atomic E-state index is 10.7. The molecule has 0 bridgehead atoms. The lowest BCUT2D eigenvalue weighted by atomic mass is 10.2. The second-order valence-corrected chi connectivity index (χ2v) is 10.4. The van der Waals surface area contributed by atoms with Crippen molar-refractivity contribution in [3.63, 3.8) is 0 Å². The van der Waals surface area contributed by atoms with Crippen LogP contribution in [0.3, 0.4) is 0 Å². The Morgan fingerprint density at radius 1 is 0.636 bits per heavy atom. The molecule has 12 heteroatoms. The Balaban J connectivity index is 0.000000437. The molecular weight excluding hydrogens is 562 g/mol. The van der Waals surface area contributed by atoms with Gasteiger partial charge in [0.25, 0.3) is 0 Å². The Bertz CT molecular complexity index is 1260. The summed E-state index contributed by atoms with van der Waals surface area (Å²) in [4.78, 5) is 43.1. The monoisotopic (exact) mass is 609 g/mol. The molecular formula is C32H47N7O5. The Kier molecular flexibility index (Phi) is 18.6. The van der Waals surface area contributed by atoms with E-state index in [9.17, 15) is 4.79 Å². The van der Waals surface area contributed by atoms with Gasteiger partial charge in [0.15, 0.2) is 5.78 Å². The third kappa shape index (κ3) is 16.5. The first-order valence-electron chi connectivity index (χ1n) is 14.3. The lowest BCUT2D eigenvalue weighted by molar-refractivity contribution is 0.0458. The second-order valence-electron chi connectivity index (χ2n) is 10.4. The highest BCUT2D eigenvalue weighted by Gasteiger charge is 2.06. The van der Waals surface area contributed by atoms with Crippen molar-refractivity contribution in [3.05, 3.63) is 88.8 Å². The van der Waals surface area contributed by atoms with Crippen molar-refractivity contribution in [2.75, 3.05) is 26.4 Å². The SMILES string of the molecule is C/C(=N\OCC(C)CO/N=C(\C)c1cccc(C)n1)c1cccc(C)n1.CC(=O)c1cccc(C)n1.CC(CON)CON. The van der Waals surface area contributed by atoms with Crippen molar-refractivity contribution in [2.45, 2.75) is 55.4 Å². The molecule has 0 aliphatic heterocycles. The first-order valence-corrected chi connectivity index (χ1v) is 14.3. The smallest absolute Gasteiger partial charge is 0.178 e. The molecule has 0 fully saturated rings. The van der Waals surface area contributed by atoms with Gasteiger partial charge in [-0.3, -0.25) is 19.7 Å². The summed E-state index contributed by atoms with van der Waals surface area (Å²) in [6.45, 7) is 16.9. The van der Waals surface area contributed by atoms with Crippen molar-refractivity contribution in [2.24, 2.45) is 33.9 Å². The van der Waals surface area contributed by atoms with Gasteiger partial charge in [0.2, 0.25) is 0 Å². The molecule has 0 atom stereocenters. The van der Waals surface area contributed by atoms with Crippen LogP contribution in [0.4, 0.5) is 0 Å². The Morgan fingerprint density at radius 2 is 0.977 bits per heavy atom. The van der Waals surface area contributed by atoms with E-state index >= 15 is 0 Å². The Labute approximate surface area is 260 Å². The lowest BCUT2D eigenvalue weighted by Gasteiger charge is -2.09. The molecule has 0 saturated heterocycles. The van der Waals surface area contributed by atoms with Crippen molar-refractivity contribution in [1.29, 1.82) is 0 Å². The Hall–Kier alpha value is -4.10.